The van der Waals surface area contributed by atoms with Gasteiger partial charge in [0.15, 0.2) is 0 Å². The van der Waals surface area contributed by atoms with Crippen molar-refractivity contribution in [2.45, 2.75) is 32.6 Å². The maximum Gasteiger partial charge on any atom is 0.413 e. The second-order valence-corrected chi connectivity index (χ2v) is 7.96. The minimum atomic E-state index is -0.849. The summed E-state index contributed by atoms with van der Waals surface area (Å²) in [5, 5.41) is 5.39. The summed E-state index contributed by atoms with van der Waals surface area (Å²) in [6, 6.07) is 5.67. The number of anilines is 1. The summed E-state index contributed by atoms with van der Waals surface area (Å²) >= 11 is 1.37. The number of hydrogen-bond donors (Lipinski definition) is 2. The Bertz CT molecular complexity index is 908. The van der Waals surface area contributed by atoms with Gasteiger partial charge in [0.25, 0.3) is 5.91 Å². The van der Waals surface area contributed by atoms with Crippen LogP contribution in [-0.2, 0) is 28.8 Å². The fourth-order valence-corrected chi connectivity index (χ4v) is 4.67. The summed E-state index contributed by atoms with van der Waals surface area (Å²) in [6.45, 7) is 2.14. The van der Waals surface area contributed by atoms with Crippen LogP contribution in [-0.4, -0.2) is 25.0 Å². The third-order valence-corrected chi connectivity index (χ3v) is 5.84. The highest BCUT2D eigenvalue weighted by Gasteiger charge is 2.29. The van der Waals surface area contributed by atoms with Crippen molar-refractivity contribution in [3.8, 4) is 0 Å². The van der Waals surface area contributed by atoms with Gasteiger partial charge in [-0.1, -0.05) is 19.1 Å². The van der Waals surface area contributed by atoms with Crippen LogP contribution < -0.4 is 10.6 Å². The van der Waals surface area contributed by atoms with Crippen LogP contribution in [0.4, 0.5) is 14.2 Å². The Morgan fingerprint density at radius 2 is 1.96 bits per heavy atom. The van der Waals surface area contributed by atoms with Gasteiger partial charge >= 0.3 is 6.09 Å². The first-order chi connectivity index (χ1) is 13.4. The molecule has 1 aliphatic carbocycles. The molecule has 8 heteroatoms. The molecule has 3 rings (SSSR count). The average molecular weight is 404 g/mol. The second kappa shape index (κ2) is 8.52. The Morgan fingerprint density at radius 3 is 2.64 bits per heavy atom. The average Bonchev–Trinajstić information content (AvgIpc) is 3.00. The Hall–Kier alpha value is -2.74. The van der Waals surface area contributed by atoms with Crippen LogP contribution in [0.3, 0.4) is 0 Å². The molecule has 1 aromatic carbocycles. The van der Waals surface area contributed by atoms with Crippen LogP contribution in [0.1, 0.15) is 39.7 Å². The molecule has 1 atom stereocenters. The van der Waals surface area contributed by atoms with E-state index < -0.39 is 12.0 Å². The number of alkyl carbamates (subject to hydrolysis) is 1. The van der Waals surface area contributed by atoms with E-state index in [0.717, 1.165) is 23.3 Å². The third-order valence-electron chi connectivity index (χ3n) is 4.67. The zero-order chi connectivity index (χ0) is 20.3. The number of ether oxygens (including phenoxy) is 1. The van der Waals surface area contributed by atoms with Crippen LogP contribution in [0.25, 0.3) is 0 Å². The molecule has 2 N–H and O–H groups in total. The number of hydrogen-bond acceptors (Lipinski definition) is 5. The molecule has 0 aliphatic heterocycles. The number of carbonyl (C=O) groups is 3. The lowest BCUT2D eigenvalue weighted by Gasteiger charge is -2.18. The number of methoxy groups -OCH3 is 1. The molecule has 0 saturated heterocycles. The number of amides is 3. The summed E-state index contributed by atoms with van der Waals surface area (Å²) in [5.41, 5.74) is 1.86. The Morgan fingerprint density at radius 1 is 1.25 bits per heavy atom. The number of thiophene rings is 1. The summed E-state index contributed by atoms with van der Waals surface area (Å²) in [5.74, 6) is -0.780. The molecule has 3 amide bonds. The highest BCUT2D eigenvalue weighted by atomic mass is 32.1. The molecular weight excluding hydrogens is 383 g/mol. The van der Waals surface area contributed by atoms with Gasteiger partial charge in [0.05, 0.1) is 19.1 Å². The van der Waals surface area contributed by atoms with Gasteiger partial charge < -0.3 is 10.1 Å². The molecule has 28 heavy (non-hydrogen) atoms. The minimum Gasteiger partial charge on any atom is -0.453 e. The van der Waals surface area contributed by atoms with Crippen LogP contribution in [0, 0.1) is 11.7 Å². The fourth-order valence-electron chi connectivity index (χ4n) is 3.24. The van der Waals surface area contributed by atoms with E-state index in [0.29, 0.717) is 28.5 Å². The van der Waals surface area contributed by atoms with Gasteiger partial charge in [-0.2, -0.15) is 0 Å². The highest BCUT2D eigenvalue weighted by Crippen LogP contribution is 2.39. The van der Waals surface area contributed by atoms with E-state index in [9.17, 15) is 18.8 Å². The van der Waals surface area contributed by atoms with Gasteiger partial charge in [-0.3, -0.25) is 14.9 Å². The summed E-state index contributed by atoms with van der Waals surface area (Å²) in [6.07, 6.45) is 1.68. The summed E-state index contributed by atoms with van der Waals surface area (Å²) < 4.78 is 17.5. The van der Waals surface area contributed by atoms with E-state index in [-0.39, 0.29) is 18.1 Å². The first-order valence-corrected chi connectivity index (χ1v) is 9.77. The Kier molecular flexibility index (Phi) is 6.08. The van der Waals surface area contributed by atoms with Gasteiger partial charge in [-0.05, 0) is 48.4 Å². The maximum absolute atomic E-state index is 13.0. The maximum atomic E-state index is 13.0. The molecule has 1 aliphatic rings. The van der Waals surface area contributed by atoms with Crippen molar-refractivity contribution in [2.75, 3.05) is 12.4 Å². The molecule has 0 radical (unpaired) electrons. The zero-order valence-corrected chi connectivity index (χ0v) is 16.5. The molecule has 0 unspecified atom stereocenters. The number of rotatable bonds is 4. The van der Waals surface area contributed by atoms with Crippen molar-refractivity contribution in [1.29, 1.82) is 0 Å². The largest absolute Gasteiger partial charge is 0.453 e. The Balaban J connectivity index is 1.84. The monoisotopic (exact) mass is 404 g/mol. The van der Waals surface area contributed by atoms with Gasteiger partial charge in [0.1, 0.15) is 10.8 Å². The summed E-state index contributed by atoms with van der Waals surface area (Å²) in [4.78, 5) is 37.6. The quantitative estimate of drug-likeness (QED) is 0.814. The molecule has 1 aromatic heterocycles. The van der Waals surface area contributed by atoms with Crippen molar-refractivity contribution in [2.24, 2.45) is 5.92 Å². The summed E-state index contributed by atoms with van der Waals surface area (Å²) in [7, 11) is 1.18. The molecule has 0 fully saturated rings. The van der Waals surface area contributed by atoms with Crippen molar-refractivity contribution in [1.82, 2.24) is 5.32 Å². The van der Waals surface area contributed by atoms with Crippen molar-refractivity contribution >= 4 is 34.2 Å². The van der Waals surface area contributed by atoms with Crippen LogP contribution >= 0.6 is 11.3 Å². The molecular formula is C20H21FN2O4S. The topological polar surface area (TPSA) is 84.5 Å². The van der Waals surface area contributed by atoms with Gasteiger partial charge in [0.2, 0.25) is 5.91 Å². The van der Waals surface area contributed by atoms with Crippen molar-refractivity contribution in [3.63, 3.8) is 0 Å². The van der Waals surface area contributed by atoms with E-state index in [4.69, 9.17) is 0 Å². The Labute approximate surface area is 166 Å². The predicted molar refractivity (Wildman–Crippen MR) is 104 cm³/mol. The molecule has 148 valence electrons. The standard InChI is InChI=1S/C20H21FN2O4S/c1-11-3-8-14-15(9-11)28-19(17(14)18(25)23-20(26)27-2)22-16(24)10-12-4-6-13(21)7-5-12/h4-7,11H,3,8-10H2,1-2H3,(H,22,24)(H,23,25,26)/t11-/m1/s1. The lowest BCUT2D eigenvalue weighted by atomic mass is 9.88. The SMILES string of the molecule is COC(=O)NC(=O)c1c(NC(=O)Cc2ccc(F)cc2)sc2c1CC[C@@H](C)C2. The van der Waals surface area contributed by atoms with Gasteiger partial charge in [0, 0.05) is 4.88 Å². The van der Waals surface area contributed by atoms with E-state index in [1.54, 1.807) is 12.1 Å². The predicted octanol–water partition coefficient (Wildman–Crippen LogP) is 3.69. The fraction of sp³-hybridized carbons (Fsp3) is 0.350. The highest BCUT2D eigenvalue weighted by molar-refractivity contribution is 7.17. The molecule has 1 heterocycles. The normalized spacial score (nSPS) is 15.5. The number of halogens is 1. The molecule has 0 saturated carbocycles. The van der Waals surface area contributed by atoms with E-state index >= 15 is 0 Å². The van der Waals surface area contributed by atoms with Crippen molar-refractivity contribution < 1.29 is 23.5 Å². The van der Waals surface area contributed by atoms with Crippen molar-refractivity contribution in [3.05, 3.63) is 51.7 Å². The molecule has 0 bridgehead atoms. The number of benzene rings is 1. The molecule has 6 nitrogen and oxygen atoms in total. The minimum absolute atomic E-state index is 0.0529. The second-order valence-electron chi connectivity index (χ2n) is 6.85. The molecule has 2 aromatic rings. The first kappa shape index (κ1) is 20.0. The van der Waals surface area contributed by atoms with Gasteiger partial charge in [-0.25, -0.2) is 9.18 Å². The van der Waals surface area contributed by atoms with Crippen LogP contribution in [0.5, 0.6) is 0 Å². The van der Waals surface area contributed by atoms with E-state index in [2.05, 4.69) is 22.3 Å². The number of carbonyl (C=O) groups excluding carboxylic acids is 3. The smallest absolute Gasteiger partial charge is 0.413 e. The zero-order valence-electron chi connectivity index (χ0n) is 15.6. The van der Waals surface area contributed by atoms with Crippen LogP contribution in [0.2, 0.25) is 0 Å². The number of imide groups is 1. The van der Waals surface area contributed by atoms with Crippen LogP contribution in [0.15, 0.2) is 24.3 Å². The number of nitrogens with one attached hydrogen (secondary N) is 2. The third kappa shape index (κ3) is 4.56. The lowest BCUT2D eigenvalue weighted by molar-refractivity contribution is -0.115. The first-order valence-electron chi connectivity index (χ1n) is 8.95. The van der Waals surface area contributed by atoms with E-state index in [1.807, 2.05) is 0 Å². The lowest BCUT2D eigenvalue weighted by Crippen LogP contribution is -2.31. The molecule has 0 spiro atoms. The van der Waals surface area contributed by atoms with E-state index in [1.165, 1.54) is 30.6 Å². The van der Waals surface area contributed by atoms with Gasteiger partial charge in [-0.15, -0.1) is 11.3 Å². The number of fused-ring (bicyclic) bond motifs is 1.